The second-order valence-electron chi connectivity index (χ2n) is 10.7. The van der Waals surface area contributed by atoms with Gasteiger partial charge < -0.3 is 0 Å². The zero-order valence-corrected chi connectivity index (χ0v) is 21.0. The fourth-order valence-corrected chi connectivity index (χ4v) is 6.35. The van der Waals surface area contributed by atoms with Gasteiger partial charge in [0.25, 0.3) is 0 Å². The first-order valence-electron chi connectivity index (χ1n) is 12.8. The van der Waals surface area contributed by atoms with E-state index < -0.39 is 0 Å². The van der Waals surface area contributed by atoms with E-state index in [1.54, 1.807) is 0 Å². The first-order valence-corrected chi connectivity index (χ1v) is 12.8. The summed E-state index contributed by atoms with van der Waals surface area (Å²) in [5.74, 6) is 0. The van der Waals surface area contributed by atoms with Gasteiger partial charge in [0, 0.05) is 5.41 Å². The third kappa shape index (κ3) is 3.01. The number of rotatable bonds is 2. The van der Waals surface area contributed by atoms with Crippen LogP contribution in [0.1, 0.15) is 30.5 Å². The number of hydrogen-bond donors (Lipinski definition) is 0. The number of fused-ring (bicyclic) bond motifs is 7. The minimum atomic E-state index is -0.0521. The average Bonchev–Trinajstić information content (AvgIpc) is 3.14. The molecule has 0 N–H and O–H groups in total. The van der Waals surface area contributed by atoms with Crippen molar-refractivity contribution in [3.8, 4) is 33.4 Å². The van der Waals surface area contributed by atoms with Gasteiger partial charge in [0.2, 0.25) is 0 Å². The molecule has 0 saturated carbocycles. The summed E-state index contributed by atoms with van der Waals surface area (Å²) < 4.78 is 0. The molecule has 36 heavy (non-hydrogen) atoms. The molecule has 0 heterocycles. The van der Waals surface area contributed by atoms with Crippen LogP contribution in [0.15, 0.2) is 115 Å². The zero-order valence-electron chi connectivity index (χ0n) is 21.0. The maximum absolute atomic E-state index is 2.46. The molecular formula is C36H28. The molecule has 0 saturated heterocycles. The van der Waals surface area contributed by atoms with Crippen molar-refractivity contribution in [2.75, 3.05) is 0 Å². The minimum absolute atomic E-state index is 0.0521. The van der Waals surface area contributed by atoms with E-state index >= 15 is 0 Å². The van der Waals surface area contributed by atoms with Crippen LogP contribution in [0, 0.1) is 6.92 Å². The second kappa shape index (κ2) is 7.67. The van der Waals surface area contributed by atoms with Gasteiger partial charge in [-0.2, -0.15) is 0 Å². The van der Waals surface area contributed by atoms with Crippen molar-refractivity contribution >= 4 is 21.5 Å². The van der Waals surface area contributed by atoms with E-state index in [1.165, 1.54) is 71.6 Å². The molecule has 0 nitrogen and oxygen atoms in total. The topological polar surface area (TPSA) is 0 Å². The molecule has 0 radical (unpaired) electrons. The standard InChI is InChI=1S/C36H28/c1-23-14-19-34-32(20-23)29-18-17-28-27-16-15-26(24-10-6-4-7-11-24)21-31(27)30(25-12-8-5-9-13-25)22-33(28)35(29)36(34,2)3/h4-22H,1-3H3. The maximum Gasteiger partial charge on any atom is 0.0165 e. The molecule has 0 heteroatoms. The molecule has 0 spiro atoms. The summed E-state index contributed by atoms with van der Waals surface area (Å²) in [6.45, 7) is 6.96. The van der Waals surface area contributed by atoms with Crippen molar-refractivity contribution < 1.29 is 0 Å². The molecule has 6 aromatic rings. The maximum atomic E-state index is 2.46. The highest BCUT2D eigenvalue weighted by atomic mass is 14.4. The van der Waals surface area contributed by atoms with Gasteiger partial charge in [-0.25, -0.2) is 0 Å². The van der Waals surface area contributed by atoms with Gasteiger partial charge in [-0.05, 0) is 85.1 Å². The van der Waals surface area contributed by atoms with Crippen LogP contribution in [0.5, 0.6) is 0 Å². The Morgan fingerprint density at radius 3 is 1.86 bits per heavy atom. The van der Waals surface area contributed by atoms with Crippen LogP contribution in [0.3, 0.4) is 0 Å². The van der Waals surface area contributed by atoms with Crippen LogP contribution in [0.25, 0.3) is 54.9 Å². The lowest BCUT2D eigenvalue weighted by molar-refractivity contribution is 0.666. The minimum Gasteiger partial charge on any atom is -0.0622 e. The van der Waals surface area contributed by atoms with Crippen LogP contribution in [-0.2, 0) is 5.41 Å². The molecule has 0 bridgehead atoms. The Morgan fingerprint density at radius 1 is 0.444 bits per heavy atom. The average molecular weight is 461 g/mol. The largest absolute Gasteiger partial charge is 0.0622 e. The quantitative estimate of drug-likeness (QED) is 0.226. The lowest BCUT2D eigenvalue weighted by atomic mass is 9.79. The summed E-state index contributed by atoms with van der Waals surface area (Å²) in [7, 11) is 0. The molecule has 172 valence electrons. The van der Waals surface area contributed by atoms with E-state index in [4.69, 9.17) is 0 Å². The Kier molecular flexibility index (Phi) is 4.51. The highest BCUT2D eigenvalue weighted by molar-refractivity contribution is 6.17. The van der Waals surface area contributed by atoms with Gasteiger partial charge in [0.15, 0.2) is 0 Å². The normalized spacial score (nSPS) is 13.6. The molecule has 0 atom stereocenters. The van der Waals surface area contributed by atoms with Crippen LogP contribution < -0.4 is 0 Å². The molecule has 0 aliphatic heterocycles. The first kappa shape index (κ1) is 21.1. The van der Waals surface area contributed by atoms with Gasteiger partial charge in [-0.1, -0.05) is 123 Å². The number of hydrogen-bond acceptors (Lipinski definition) is 0. The van der Waals surface area contributed by atoms with Crippen molar-refractivity contribution in [3.05, 3.63) is 132 Å². The van der Waals surface area contributed by atoms with Gasteiger partial charge >= 0.3 is 0 Å². The van der Waals surface area contributed by atoms with E-state index in [-0.39, 0.29) is 5.41 Å². The van der Waals surface area contributed by atoms with Crippen LogP contribution in [-0.4, -0.2) is 0 Å². The van der Waals surface area contributed by atoms with E-state index in [0.29, 0.717) is 0 Å². The van der Waals surface area contributed by atoms with E-state index in [1.807, 2.05) is 0 Å². The molecule has 1 aliphatic carbocycles. The summed E-state index contributed by atoms with van der Waals surface area (Å²) in [5.41, 5.74) is 12.0. The van der Waals surface area contributed by atoms with Crippen LogP contribution in [0.2, 0.25) is 0 Å². The third-order valence-electron chi connectivity index (χ3n) is 8.09. The van der Waals surface area contributed by atoms with Gasteiger partial charge in [-0.3, -0.25) is 0 Å². The van der Waals surface area contributed by atoms with Crippen LogP contribution >= 0.6 is 0 Å². The Balaban J connectivity index is 1.60. The summed E-state index contributed by atoms with van der Waals surface area (Å²) >= 11 is 0. The second-order valence-corrected chi connectivity index (χ2v) is 10.7. The fourth-order valence-electron chi connectivity index (χ4n) is 6.35. The Morgan fingerprint density at radius 2 is 1.11 bits per heavy atom. The molecule has 0 amide bonds. The molecule has 0 fully saturated rings. The highest BCUT2D eigenvalue weighted by Gasteiger charge is 2.37. The number of benzene rings is 6. The molecule has 6 aromatic carbocycles. The molecule has 0 aromatic heterocycles. The highest BCUT2D eigenvalue weighted by Crippen LogP contribution is 2.53. The van der Waals surface area contributed by atoms with Gasteiger partial charge in [-0.15, -0.1) is 0 Å². The Labute approximate surface area is 212 Å². The zero-order chi connectivity index (χ0) is 24.4. The van der Waals surface area contributed by atoms with E-state index in [9.17, 15) is 0 Å². The summed E-state index contributed by atoms with van der Waals surface area (Å²) in [6.07, 6.45) is 0. The number of aryl methyl sites for hydroxylation is 1. The predicted molar refractivity (Wildman–Crippen MR) is 155 cm³/mol. The first-order chi connectivity index (χ1) is 17.5. The van der Waals surface area contributed by atoms with Crippen molar-refractivity contribution in [1.82, 2.24) is 0 Å². The Hall–Kier alpha value is -4.16. The Bertz CT molecular complexity index is 1790. The summed E-state index contributed by atoms with van der Waals surface area (Å²) in [6, 6.07) is 42.7. The van der Waals surface area contributed by atoms with Gasteiger partial charge in [0.1, 0.15) is 0 Å². The predicted octanol–water partition coefficient (Wildman–Crippen LogP) is 9.94. The van der Waals surface area contributed by atoms with Crippen molar-refractivity contribution in [2.45, 2.75) is 26.2 Å². The van der Waals surface area contributed by atoms with E-state index in [0.717, 1.165) is 0 Å². The van der Waals surface area contributed by atoms with Crippen molar-refractivity contribution in [1.29, 1.82) is 0 Å². The smallest absolute Gasteiger partial charge is 0.0165 e. The van der Waals surface area contributed by atoms with Crippen LogP contribution in [0.4, 0.5) is 0 Å². The van der Waals surface area contributed by atoms with Gasteiger partial charge in [0.05, 0.1) is 0 Å². The molecule has 0 unspecified atom stereocenters. The fraction of sp³-hybridized carbons (Fsp3) is 0.111. The van der Waals surface area contributed by atoms with Crippen molar-refractivity contribution in [3.63, 3.8) is 0 Å². The third-order valence-corrected chi connectivity index (χ3v) is 8.09. The lowest BCUT2D eigenvalue weighted by Crippen LogP contribution is -2.15. The molecule has 1 aliphatic rings. The SMILES string of the molecule is Cc1ccc2c(c1)-c1ccc3c(cc(-c4ccccc4)c4cc(-c5ccccc5)ccc43)c1C2(C)C. The monoisotopic (exact) mass is 460 g/mol. The summed E-state index contributed by atoms with van der Waals surface area (Å²) in [5, 5.41) is 5.32. The van der Waals surface area contributed by atoms with Crippen molar-refractivity contribution in [2.24, 2.45) is 0 Å². The van der Waals surface area contributed by atoms with E-state index in [2.05, 4.69) is 136 Å². The lowest BCUT2D eigenvalue weighted by Gasteiger charge is -2.24. The summed E-state index contributed by atoms with van der Waals surface area (Å²) in [4.78, 5) is 0. The molecular weight excluding hydrogens is 432 g/mol. The molecule has 7 rings (SSSR count).